The fourth-order valence-electron chi connectivity index (χ4n) is 2.56. The van der Waals surface area contributed by atoms with E-state index in [1.54, 1.807) is 20.8 Å². The number of halogens is 1. The second-order valence-electron chi connectivity index (χ2n) is 5.91. The summed E-state index contributed by atoms with van der Waals surface area (Å²) in [6.45, 7) is 4.87. The molecule has 2 aliphatic heterocycles. The Labute approximate surface area is 98.5 Å². The Morgan fingerprint density at radius 3 is 2.29 bits per heavy atom. The van der Waals surface area contributed by atoms with Crippen LogP contribution < -0.4 is 0 Å². The molecule has 0 aromatic carbocycles. The molecule has 0 radical (unpaired) electrons. The predicted molar refractivity (Wildman–Crippen MR) is 56.4 cm³/mol. The molecule has 17 heavy (non-hydrogen) atoms. The molecule has 2 saturated heterocycles. The van der Waals surface area contributed by atoms with Crippen LogP contribution in [0.5, 0.6) is 0 Å². The molecule has 96 valence electrons. The van der Waals surface area contributed by atoms with Crippen LogP contribution in [0.3, 0.4) is 0 Å². The van der Waals surface area contributed by atoms with Gasteiger partial charge in [0, 0.05) is 12.8 Å². The van der Waals surface area contributed by atoms with Crippen molar-refractivity contribution in [2.75, 3.05) is 6.54 Å². The summed E-state index contributed by atoms with van der Waals surface area (Å²) in [4.78, 5) is 24.0. The Bertz CT molecular complexity index is 381. The SMILES string of the molecule is CC(C)(C)OC(=O)N1CC2(F)CC1(C(=O)O)C2. The van der Waals surface area contributed by atoms with Gasteiger partial charge < -0.3 is 9.84 Å². The number of hydrogen-bond donors (Lipinski definition) is 1. The second kappa shape index (κ2) is 3.11. The van der Waals surface area contributed by atoms with Crippen molar-refractivity contribution in [1.29, 1.82) is 0 Å². The summed E-state index contributed by atoms with van der Waals surface area (Å²) in [5, 5.41) is 9.13. The smallest absolute Gasteiger partial charge is 0.411 e. The highest BCUT2D eigenvalue weighted by atomic mass is 19.1. The first-order valence-corrected chi connectivity index (χ1v) is 5.51. The van der Waals surface area contributed by atoms with Crippen molar-refractivity contribution in [3.05, 3.63) is 0 Å². The van der Waals surface area contributed by atoms with Crippen molar-refractivity contribution < 1.29 is 23.8 Å². The average Bonchev–Trinajstić information content (AvgIpc) is 2.50. The van der Waals surface area contributed by atoms with Gasteiger partial charge in [0.05, 0.1) is 6.54 Å². The fraction of sp³-hybridized carbons (Fsp3) is 0.818. The lowest BCUT2D eigenvalue weighted by molar-refractivity contribution is -0.155. The Kier molecular flexibility index (Phi) is 2.22. The lowest BCUT2D eigenvalue weighted by Gasteiger charge is -2.40. The number of carbonyl (C=O) groups is 2. The van der Waals surface area contributed by atoms with Crippen molar-refractivity contribution in [2.24, 2.45) is 0 Å². The van der Waals surface area contributed by atoms with Crippen LogP contribution in [0, 0.1) is 0 Å². The maximum atomic E-state index is 13.8. The van der Waals surface area contributed by atoms with E-state index in [1.807, 2.05) is 0 Å². The number of carboxylic acids is 1. The minimum Gasteiger partial charge on any atom is -0.479 e. The van der Waals surface area contributed by atoms with Crippen LogP contribution in [0.25, 0.3) is 0 Å². The summed E-state index contributed by atoms with van der Waals surface area (Å²) >= 11 is 0. The van der Waals surface area contributed by atoms with Gasteiger partial charge in [0.25, 0.3) is 0 Å². The van der Waals surface area contributed by atoms with E-state index in [0.717, 1.165) is 4.90 Å². The number of alkyl halides is 1. The van der Waals surface area contributed by atoms with Gasteiger partial charge in [0.15, 0.2) is 0 Å². The summed E-state index contributed by atoms with van der Waals surface area (Å²) in [6.07, 6.45) is -1.01. The number of ether oxygens (including phenoxy) is 1. The van der Waals surface area contributed by atoms with Crippen molar-refractivity contribution in [3.63, 3.8) is 0 Å². The molecule has 6 heteroatoms. The molecule has 1 aliphatic carbocycles. The number of amides is 1. The van der Waals surface area contributed by atoms with E-state index in [-0.39, 0.29) is 19.4 Å². The van der Waals surface area contributed by atoms with Crippen molar-refractivity contribution in [3.8, 4) is 0 Å². The van der Waals surface area contributed by atoms with Crippen molar-refractivity contribution in [2.45, 2.75) is 50.4 Å². The molecule has 5 nitrogen and oxygen atoms in total. The molecule has 1 amide bonds. The maximum absolute atomic E-state index is 13.8. The molecule has 0 atom stereocenters. The minimum absolute atomic E-state index is 0.130. The monoisotopic (exact) mass is 245 g/mol. The third-order valence-corrected chi connectivity index (χ3v) is 3.19. The van der Waals surface area contributed by atoms with E-state index in [9.17, 15) is 14.0 Å². The highest BCUT2D eigenvalue weighted by Gasteiger charge is 2.72. The van der Waals surface area contributed by atoms with Gasteiger partial charge in [-0.3, -0.25) is 4.90 Å². The molecule has 1 N–H and O–H groups in total. The zero-order valence-electron chi connectivity index (χ0n) is 10.1. The first kappa shape index (κ1) is 12.1. The van der Waals surface area contributed by atoms with E-state index in [2.05, 4.69) is 0 Å². The summed E-state index contributed by atoms with van der Waals surface area (Å²) < 4.78 is 18.9. The van der Waals surface area contributed by atoms with Gasteiger partial charge in [-0.25, -0.2) is 14.0 Å². The lowest BCUT2D eigenvalue weighted by atomic mass is 9.71. The van der Waals surface area contributed by atoms with Crippen LogP contribution in [-0.4, -0.2) is 45.4 Å². The Morgan fingerprint density at radius 2 is 1.88 bits per heavy atom. The van der Waals surface area contributed by atoms with Crippen molar-refractivity contribution in [1.82, 2.24) is 4.90 Å². The summed E-state index contributed by atoms with van der Waals surface area (Å²) in [5.74, 6) is -1.16. The van der Waals surface area contributed by atoms with E-state index >= 15 is 0 Å². The predicted octanol–water partition coefficient (Wildman–Crippen LogP) is 1.56. The van der Waals surface area contributed by atoms with Crippen LogP contribution >= 0.6 is 0 Å². The van der Waals surface area contributed by atoms with Crippen LogP contribution in [0.4, 0.5) is 9.18 Å². The molecule has 3 rings (SSSR count). The average molecular weight is 245 g/mol. The number of fused-ring (bicyclic) bond motifs is 1. The Balaban J connectivity index is 2.17. The molecule has 3 aliphatic rings. The number of carbonyl (C=O) groups excluding carboxylic acids is 1. The van der Waals surface area contributed by atoms with Crippen LogP contribution in [0.1, 0.15) is 33.6 Å². The van der Waals surface area contributed by atoms with Gasteiger partial charge in [-0.1, -0.05) is 0 Å². The van der Waals surface area contributed by atoms with Crippen LogP contribution in [0.2, 0.25) is 0 Å². The van der Waals surface area contributed by atoms with Crippen LogP contribution in [-0.2, 0) is 9.53 Å². The van der Waals surface area contributed by atoms with Gasteiger partial charge in [-0.2, -0.15) is 0 Å². The highest BCUT2D eigenvalue weighted by molar-refractivity contribution is 5.88. The molecule has 0 aromatic heterocycles. The Morgan fingerprint density at radius 1 is 1.35 bits per heavy atom. The molecule has 2 bridgehead atoms. The zero-order valence-corrected chi connectivity index (χ0v) is 10.1. The number of carboxylic acid groups (broad SMARTS) is 1. The zero-order chi connectivity index (χ0) is 13.1. The van der Waals surface area contributed by atoms with E-state index in [4.69, 9.17) is 9.84 Å². The number of aliphatic carboxylic acids is 1. The standard InChI is InChI=1S/C11H16FNO4/c1-9(2,3)17-8(16)13-6-10(12)4-11(13,5-10)7(14)15/h4-6H2,1-3H3,(H,14,15). The van der Waals surface area contributed by atoms with Gasteiger partial charge in [-0.15, -0.1) is 0 Å². The topological polar surface area (TPSA) is 66.8 Å². The van der Waals surface area contributed by atoms with E-state index in [1.165, 1.54) is 0 Å². The highest BCUT2D eigenvalue weighted by Crippen LogP contribution is 2.56. The third kappa shape index (κ3) is 1.75. The first-order valence-electron chi connectivity index (χ1n) is 5.51. The minimum atomic E-state index is -1.55. The normalized spacial score (nSPS) is 35.4. The summed E-state index contributed by atoms with van der Waals surface area (Å²) in [6, 6.07) is 0. The summed E-state index contributed by atoms with van der Waals surface area (Å²) in [7, 11) is 0. The molecule has 0 spiro atoms. The second-order valence-corrected chi connectivity index (χ2v) is 5.91. The largest absolute Gasteiger partial charge is 0.479 e. The number of rotatable bonds is 1. The lowest BCUT2D eigenvalue weighted by Crippen LogP contribution is -2.58. The Hall–Kier alpha value is -1.33. The van der Waals surface area contributed by atoms with Crippen molar-refractivity contribution >= 4 is 12.1 Å². The van der Waals surface area contributed by atoms with Gasteiger partial charge >= 0.3 is 12.1 Å². The van der Waals surface area contributed by atoms with Gasteiger partial charge in [0.1, 0.15) is 16.8 Å². The molecule has 0 aromatic rings. The quantitative estimate of drug-likeness (QED) is 0.761. The molecular weight excluding hydrogens is 229 g/mol. The molecular formula is C11H16FNO4. The van der Waals surface area contributed by atoms with Gasteiger partial charge in [-0.05, 0) is 20.8 Å². The van der Waals surface area contributed by atoms with E-state index in [0.29, 0.717) is 0 Å². The maximum Gasteiger partial charge on any atom is 0.411 e. The first-order chi connectivity index (χ1) is 7.58. The van der Waals surface area contributed by atoms with Gasteiger partial charge in [0.2, 0.25) is 0 Å². The van der Waals surface area contributed by atoms with Crippen LogP contribution in [0.15, 0.2) is 0 Å². The molecule has 1 saturated carbocycles. The molecule has 2 heterocycles. The fourth-order valence-corrected chi connectivity index (χ4v) is 2.56. The summed E-state index contributed by atoms with van der Waals surface area (Å²) in [5.41, 5.74) is -3.65. The third-order valence-electron chi connectivity index (χ3n) is 3.19. The molecule has 0 unspecified atom stereocenters. The van der Waals surface area contributed by atoms with E-state index < -0.39 is 28.9 Å². The number of nitrogens with zero attached hydrogens (tertiary/aromatic N) is 1. The number of hydrogen-bond acceptors (Lipinski definition) is 3. The molecule has 3 fully saturated rings.